The van der Waals surface area contributed by atoms with Gasteiger partial charge in [-0.1, -0.05) is 29.8 Å². The van der Waals surface area contributed by atoms with Crippen molar-refractivity contribution >= 4 is 50.2 Å². The average Bonchev–Trinajstić information content (AvgIpc) is 3.05. The SMILES string of the molecule is Clc1cccn2c1nc1c3c(cnc12)[nH]c1ccccc13. The van der Waals surface area contributed by atoms with E-state index in [0.717, 1.165) is 38.6 Å². The van der Waals surface area contributed by atoms with Gasteiger partial charge in [-0.2, -0.15) is 0 Å². The second kappa shape index (κ2) is 3.74. The number of para-hydroxylation sites is 1. The number of rotatable bonds is 0. The summed E-state index contributed by atoms with van der Waals surface area (Å²) in [6, 6.07) is 11.9. The van der Waals surface area contributed by atoms with Crippen LogP contribution in [0.25, 0.3) is 38.6 Å². The number of benzene rings is 1. The van der Waals surface area contributed by atoms with Crippen molar-refractivity contribution in [3.8, 4) is 0 Å². The van der Waals surface area contributed by atoms with Gasteiger partial charge >= 0.3 is 0 Å². The van der Waals surface area contributed by atoms with Crippen molar-refractivity contribution in [1.82, 2.24) is 19.4 Å². The Morgan fingerprint density at radius 1 is 1.00 bits per heavy atom. The van der Waals surface area contributed by atoms with Crippen LogP contribution in [0.5, 0.6) is 0 Å². The lowest BCUT2D eigenvalue weighted by Crippen LogP contribution is -1.86. The molecule has 0 bridgehead atoms. The number of nitrogens with zero attached hydrogens (tertiary/aromatic N) is 3. The number of imidazole rings is 1. The fourth-order valence-electron chi connectivity index (χ4n) is 2.95. The molecule has 0 radical (unpaired) electrons. The van der Waals surface area contributed by atoms with Crippen LogP contribution in [0, 0.1) is 0 Å². The molecule has 0 aliphatic rings. The molecule has 0 amide bonds. The van der Waals surface area contributed by atoms with Crippen LogP contribution < -0.4 is 0 Å². The minimum atomic E-state index is 0.628. The molecule has 0 spiro atoms. The maximum Gasteiger partial charge on any atom is 0.165 e. The first-order valence-corrected chi connectivity index (χ1v) is 7.02. The Kier molecular flexibility index (Phi) is 1.98. The smallest absolute Gasteiger partial charge is 0.165 e. The van der Waals surface area contributed by atoms with Crippen molar-refractivity contribution in [3.63, 3.8) is 0 Å². The summed E-state index contributed by atoms with van der Waals surface area (Å²) < 4.78 is 1.93. The summed E-state index contributed by atoms with van der Waals surface area (Å²) in [5, 5.41) is 2.87. The number of nitrogens with one attached hydrogen (secondary N) is 1. The fourth-order valence-corrected chi connectivity index (χ4v) is 3.16. The molecule has 4 heterocycles. The van der Waals surface area contributed by atoms with Gasteiger partial charge in [-0.05, 0) is 18.2 Å². The topological polar surface area (TPSA) is 46.0 Å². The van der Waals surface area contributed by atoms with Crippen molar-refractivity contribution in [3.05, 3.63) is 53.8 Å². The number of halogens is 1. The van der Waals surface area contributed by atoms with Crippen LogP contribution in [0.1, 0.15) is 0 Å². The number of hydrogen-bond donors (Lipinski definition) is 1. The van der Waals surface area contributed by atoms with Crippen LogP contribution in [-0.4, -0.2) is 19.4 Å². The molecule has 21 heavy (non-hydrogen) atoms. The van der Waals surface area contributed by atoms with Gasteiger partial charge in [-0.25, -0.2) is 9.97 Å². The summed E-state index contributed by atoms with van der Waals surface area (Å²) in [6.07, 6.45) is 3.79. The third-order valence-corrected chi connectivity index (χ3v) is 4.16. The monoisotopic (exact) mass is 292 g/mol. The molecule has 0 unspecified atom stereocenters. The number of aromatic nitrogens is 4. The van der Waals surface area contributed by atoms with Crippen LogP contribution in [0.4, 0.5) is 0 Å². The molecule has 1 aromatic carbocycles. The van der Waals surface area contributed by atoms with E-state index in [1.54, 1.807) is 0 Å². The zero-order chi connectivity index (χ0) is 14.0. The van der Waals surface area contributed by atoms with E-state index in [9.17, 15) is 0 Å². The molecule has 5 aromatic rings. The van der Waals surface area contributed by atoms with Crippen LogP contribution in [0.3, 0.4) is 0 Å². The number of pyridine rings is 2. The summed E-state index contributed by atoms with van der Waals surface area (Å²) in [4.78, 5) is 12.6. The van der Waals surface area contributed by atoms with Crippen molar-refractivity contribution < 1.29 is 0 Å². The Balaban J connectivity index is 2.13. The predicted octanol–water partition coefficient (Wildman–Crippen LogP) is 4.17. The highest BCUT2D eigenvalue weighted by Gasteiger charge is 2.14. The summed E-state index contributed by atoms with van der Waals surface area (Å²) in [5.74, 6) is 0. The molecule has 5 heteroatoms. The van der Waals surface area contributed by atoms with Gasteiger partial charge in [0.05, 0.1) is 16.7 Å². The lowest BCUT2D eigenvalue weighted by Gasteiger charge is -1.95. The van der Waals surface area contributed by atoms with Crippen LogP contribution >= 0.6 is 11.6 Å². The quantitative estimate of drug-likeness (QED) is 0.465. The highest BCUT2D eigenvalue weighted by Crippen LogP contribution is 2.31. The van der Waals surface area contributed by atoms with Gasteiger partial charge in [0, 0.05) is 22.5 Å². The molecule has 0 aliphatic carbocycles. The van der Waals surface area contributed by atoms with E-state index >= 15 is 0 Å². The molecule has 1 N–H and O–H groups in total. The second-order valence-electron chi connectivity index (χ2n) is 5.05. The molecule has 4 nitrogen and oxygen atoms in total. The molecule has 0 saturated heterocycles. The summed E-state index contributed by atoms with van der Waals surface area (Å²) >= 11 is 6.25. The Bertz CT molecular complexity index is 1150. The Hall–Kier alpha value is -2.59. The highest BCUT2D eigenvalue weighted by molar-refractivity contribution is 6.33. The van der Waals surface area contributed by atoms with Gasteiger partial charge in [0.25, 0.3) is 0 Å². The summed E-state index contributed by atoms with van der Waals surface area (Å²) in [7, 11) is 0. The predicted molar refractivity (Wildman–Crippen MR) is 84.9 cm³/mol. The number of H-pyrrole nitrogens is 1. The van der Waals surface area contributed by atoms with Gasteiger partial charge in [0.2, 0.25) is 0 Å². The number of fused-ring (bicyclic) bond motifs is 7. The minimum absolute atomic E-state index is 0.628. The first-order valence-electron chi connectivity index (χ1n) is 6.64. The lowest BCUT2D eigenvalue weighted by molar-refractivity contribution is 1.19. The van der Waals surface area contributed by atoms with Crippen molar-refractivity contribution in [1.29, 1.82) is 0 Å². The highest BCUT2D eigenvalue weighted by atomic mass is 35.5. The Morgan fingerprint density at radius 2 is 1.90 bits per heavy atom. The molecule has 0 fully saturated rings. The van der Waals surface area contributed by atoms with Gasteiger partial charge < -0.3 is 4.98 Å². The van der Waals surface area contributed by atoms with Gasteiger partial charge in [0.15, 0.2) is 11.3 Å². The molecule has 5 rings (SSSR count). The third kappa shape index (κ3) is 1.35. The van der Waals surface area contributed by atoms with E-state index in [4.69, 9.17) is 16.6 Å². The van der Waals surface area contributed by atoms with E-state index in [-0.39, 0.29) is 0 Å². The molecule has 0 saturated carbocycles. The molecule has 100 valence electrons. The fraction of sp³-hybridized carbons (Fsp3) is 0. The normalized spacial score (nSPS) is 12.0. The van der Waals surface area contributed by atoms with E-state index in [2.05, 4.69) is 22.1 Å². The van der Waals surface area contributed by atoms with E-state index < -0.39 is 0 Å². The molecular weight excluding hydrogens is 284 g/mol. The standard InChI is InChI=1S/C16H9ClN4/c17-10-5-3-7-21-15(10)20-14-13-9-4-1-2-6-11(9)19-12(13)8-18-16(14)21/h1-8,19H. The van der Waals surface area contributed by atoms with Gasteiger partial charge in [-0.15, -0.1) is 0 Å². The lowest BCUT2D eigenvalue weighted by atomic mass is 10.2. The molecule has 4 aromatic heterocycles. The minimum Gasteiger partial charge on any atom is -0.353 e. The van der Waals surface area contributed by atoms with Gasteiger partial charge in [-0.3, -0.25) is 4.40 Å². The Morgan fingerprint density at radius 3 is 2.86 bits per heavy atom. The van der Waals surface area contributed by atoms with Crippen molar-refractivity contribution in [2.24, 2.45) is 0 Å². The average molecular weight is 293 g/mol. The number of aromatic amines is 1. The van der Waals surface area contributed by atoms with Crippen LogP contribution in [-0.2, 0) is 0 Å². The summed E-state index contributed by atoms with van der Waals surface area (Å²) in [6.45, 7) is 0. The Labute approximate surface area is 124 Å². The van der Waals surface area contributed by atoms with E-state index in [0.29, 0.717) is 5.02 Å². The second-order valence-corrected chi connectivity index (χ2v) is 5.46. The third-order valence-electron chi connectivity index (χ3n) is 3.87. The zero-order valence-corrected chi connectivity index (χ0v) is 11.6. The maximum atomic E-state index is 6.25. The molecule has 0 atom stereocenters. The first kappa shape index (κ1) is 11.1. The summed E-state index contributed by atoms with van der Waals surface area (Å²) in [5.41, 5.74) is 4.51. The molecule has 0 aliphatic heterocycles. The first-order chi connectivity index (χ1) is 10.3. The van der Waals surface area contributed by atoms with Crippen LogP contribution in [0.2, 0.25) is 5.02 Å². The van der Waals surface area contributed by atoms with Gasteiger partial charge in [0.1, 0.15) is 5.52 Å². The number of hydrogen-bond acceptors (Lipinski definition) is 2. The van der Waals surface area contributed by atoms with Crippen molar-refractivity contribution in [2.45, 2.75) is 0 Å². The largest absolute Gasteiger partial charge is 0.353 e. The maximum absolute atomic E-state index is 6.25. The van der Waals surface area contributed by atoms with Crippen molar-refractivity contribution in [2.75, 3.05) is 0 Å². The van der Waals surface area contributed by atoms with E-state index in [1.165, 1.54) is 0 Å². The van der Waals surface area contributed by atoms with E-state index in [1.807, 2.05) is 41.1 Å². The zero-order valence-electron chi connectivity index (χ0n) is 10.8. The molecular formula is C16H9ClN4. The van der Waals surface area contributed by atoms with Crippen LogP contribution in [0.15, 0.2) is 48.8 Å².